The van der Waals surface area contributed by atoms with E-state index in [9.17, 15) is 9.59 Å². The standard InChI is InChI=1S/C20H23N3O2.ClH/c1-2-6-18(22-12-11-14-7-4-3-5-8-14)23-19(24)16-10-9-15(21)13-17(16)20(23)25;/h3-5,7-10,13,18,22H,2,6,11-12,21H2,1H3;1H. The van der Waals surface area contributed by atoms with Gasteiger partial charge in [-0.25, -0.2) is 0 Å². The minimum atomic E-state index is -0.303. The van der Waals surface area contributed by atoms with E-state index >= 15 is 0 Å². The molecule has 1 unspecified atom stereocenters. The minimum Gasteiger partial charge on any atom is -0.399 e. The summed E-state index contributed by atoms with van der Waals surface area (Å²) >= 11 is 0. The van der Waals surface area contributed by atoms with Crippen LogP contribution in [0.4, 0.5) is 5.69 Å². The highest BCUT2D eigenvalue weighted by atomic mass is 35.5. The fraction of sp³-hybridized carbons (Fsp3) is 0.300. The molecule has 3 N–H and O–H groups in total. The lowest BCUT2D eigenvalue weighted by Crippen LogP contribution is -2.49. The maximum atomic E-state index is 12.7. The number of carbonyl (C=O) groups excluding carboxylic acids is 2. The molecule has 1 heterocycles. The van der Waals surface area contributed by atoms with Gasteiger partial charge in [-0.2, -0.15) is 0 Å². The van der Waals surface area contributed by atoms with E-state index < -0.39 is 0 Å². The quantitative estimate of drug-likeness (QED) is 0.577. The number of imide groups is 1. The van der Waals surface area contributed by atoms with Crippen LogP contribution in [0.3, 0.4) is 0 Å². The van der Waals surface area contributed by atoms with E-state index in [1.165, 1.54) is 10.5 Å². The fourth-order valence-electron chi connectivity index (χ4n) is 3.18. The Morgan fingerprint density at radius 3 is 2.42 bits per heavy atom. The number of nitrogens with zero attached hydrogens (tertiary/aromatic N) is 1. The zero-order chi connectivity index (χ0) is 17.8. The number of nitrogens with one attached hydrogen (secondary N) is 1. The number of hydrogen-bond donors (Lipinski definition) is 2. The van der Waals surface area contributed by atoms with Crippen molar-refractivity contribution in [2.24, 2.45) is 0 Å². The van der Waals surface area contributed by atoms with Gasteiger partial charge in [-0.15, -0.1) is 12.4 Å². The van der Waals surface area contributed by atoms with Crippen molar-refractivity contribution < 1.29 is 9.59 Å². The number of nitrogens with two attached hydrogens (primary N) is 1. The largest absolute Gasteiger partial charge is 0.399 e. The van der Waals surface area contributed by atoms with Crippen LogP contribution in [0.2, 0.25) is 0 Å². The molecule has 0 saturated heterocycles. The maximum absolute atomic E-state index is 12.7. The van der Waals surface area contributed by atoms with E-state index in [2.05, 4.69) is 17.4 Å². The third kappa shape index (κ3) is 4.06. The highest BCUT2D eigenvalue weighted by Crippen LogP contribution is 2.27. The Kier molecular flexibility index (Phi) is 6.77. The number of fused-ring (bicyclic) bond motifs is 1. The molecule has 2 amide bonds. The molecular weight excluding hydrogens is 350 g/mol. The van der Waals surface area contributed by atoms with Crippen LogP contribution in [-0.4, -0.2) is 29.4 Å². The highest BCUT2D eigenvalue weighted by molar-refractivity contribution is 6.21. The van der Waals surface area contributed by atoms with Gasteiger partial charge in [0.2, 0.25) is 0 Å². The van der Waals surface area contributed by atoms with E-state index in [-0.39, 0.29) is 30.4 Å². The van der Waals surface area contributed by atoms with Crippen LogP contribution >= 0.6 is 12.4 Å². The van der Waals surface area contributed by atoms with Gasteiger partial charge in [0, 0.05) is 12.2 Å². The van der Waals surface area contributed by atoms with Crippen molar-refractivity contribution in [3.8, 4) is 0 Å². The zero-order valence-corrected chi connectivity index (χ0v) is 15.6. The van der Waals surface area contributed by atoms with Crippen molar-refractivity contribution in [1.82, 2.24) is 10.2 Å². The van der Waals surface area contributed by atoms with E-state index in [1.54, 1.807) is 18.2 Å². The summed E-state index contributed by atoms with van der Waals surface area (Å²) in [5, 5.41) is 3.37. The monoisotopic (exact) mass is 373 g/mol. The van der Waals surface area contributed by atoms with Crippen LogP contribution in [0.25, 0.3) is 0 Å². The molecule has 0 spiro atoms. The van der Waals surface area contributed by atoms with Gasteiger partial charge < -0.3 is 5.73 Å². The van der Waals surface area contributed by atoms with Gasteiger partial charge in [0.05, 0.1) is 17.3 Å². The molecule has 26 heavy (non-hydrogen) atoms. The number of amides is 2. The summed E-state index contributed by atoms with van der Waals surface area (Å²) in [6, 6.07) is 15.0. The SMILES string of the molecule is CCCC(NCCc1ccccc1)N1C(=O)c2ccc(N)cc2C1=O.Cl. The lowest BCUT2D eigenvalue weighted by Gasteiger charge is -2.27. The molecule has 1 atom stereocenters. The average molecular weight is 374 g/mol. The topological polar surface area (TPSA) is 75.4 Å². The number of benzene rings is 2. The maximum Gasteiger partial charge on any atom is 0.262 e. The lowest BCUT2D eigenvalue weighted by molar-refractivity contribution is 0.0543. The minimum absolute atomic E-state index is 0. The van der Waals surface area contributed by atoms with Crippen LogP contribution in [-0.2, 0) is 6.42 Å². The zero-order valence-electron chi connectivity index (χ0n) is 14.8. The van der Waals surface area contributed by atoms with Gasteiger partial charge in [0.25, 0.3) is 11.8 Å². The van der Waals surface area contributed by atoms with E-state index in [0.717, 1.165) is 19.3 Å². The second kappa shape index (κ2) is 8.83. The summed E-state index contributed by atoms with van der Waals surface area (Å²) in [7, 11) is 0. The van der Waals surface area contributed by atoms with Crippen LogP contribution in [0.15, 0.2) is 48.5 Å². The van der Waals surface area contributed by atoms with Crippen LogP contribution in [0, 0.1) is 0 Å². The first-order chi connectivity index (χ1) is 12.1. The van der Waals surface area contributed by atoms with E-state index in [0.29, 0.717) is 23.4 Å². The van der Waals surface area contributed by atoms with Gasteiger partial charge in [-0.3, -0.25) is 19.8 Å². The smallest absolute Gasteiger partial charge is 0.262 e. The van der Waals surface area contributed by atoms with Gasteiger partial charge in [0.1, 0.15) is 0 Å². The molecule has 0 saturated carbocycles. The Hall–Kier alpha value is -2.37. The molecule has 1 aliphatic rings. The summed E-state index contributed by atoms with van der Waals surface area (Å²) in [4.78, 5) is 26.8. The van der Waals surface area contributed by atoms with Gasteiger partial charge >= 0.3 is 0 Å². The van der Waals surface area contributed by atoms with E-state index in [1.807, 2.05) is 25.1 Å². The van der Waals surface area contributed by atoms with Gasteiger partial charge in [0.15, 0.2) is 0 Å². The van der Waals surface area contributed by atoms with Crippen molar-refractivity contribution in [1.29, 1.82) is 0 Å². The number of anilines is 1. The fourth-order valence-corrected chi connectivity index (χ4v) is 3.18. The Morgan fingerprint density at radius 2 is 1.73 bits per heavy atom. The molecule has 0 bridgehead atoms. The Morgan fingerprint density at radius 1 is 1.04 bits per heavy atom. The van der Waals surface area contributed by atoms with Gasteiger partial charge in [-0.1, -0.05) is 43.7 Å². The Balaban J connectivity index is 0.00000243. The van der Waals surface area contributed by atoms with Crippen molar-refractivity contribution in [2.45, 2.75) is 32.4 Å². The first kappa shape index (κ1) is 19.9. The molecule has 1 aliphatic heterocycles. The summed E-state index contributed by atoms with van der Waals surface area (Å²) < 4.78 is 0. The van der Waals surface area contributed by atoms with E-state index in [4.69, 9.17) is 5.73 Å². The Bertz CT molecular complexity index is 780. The van der Waals surface area contributed by atoms with Gasteiger partial charge in [-0.05, 0) is 36.6 Å². The Labute approximate surface area is 160 Å². The van der Waals surface area contributed by atoms with Crippen molar-refractivity contribution >= 4 is 29.9 Å². The summed E-state index contributed by atoms with van der Waals surface area (Å²) in [5.74, 6) is -0.511. The molecule has 0 radical (unpaired) electrons. The lowest BCUT2D eigenvalue weighted by atomic mass is 10.1. The highest BCUT2D eigenvalue weighted by Gasteiger charge is 2.39. The summed E-state index contributed by atoms with van der Waals surface area (Å²) in [6.07, 6.45) is 2.13. The predicted octanol–water partition coefficient (Wildman–Crippen LogP) is 3.25. The third-order valence-corrected chi connectivity index (χ3v) is 4.45. The molecule has 0 aromatic heterocycles. The number of nitrogen functional groups attached to an aromatic ring is 1. The van der Waals surface area contributed by atoms with Crippen LogP contribution in [0.5, 0.6) is 0 Å². The first-order valence-corrected chi connectivity index (χ1v) is 8.66. The van der Waals surface area contributed by atoms with Crippen LogP contribution in [0.1, 0.15) is 46.0 Å². The molecule has 0 fully saturated rings. The normalized spacial score (nSPS) is 14.1. The third-order valence-electron chi connectivity index (χ3n) is 4.45. The molecule has 5 nitrogen and oxygen atoms in total. The molecule has 0 aliphatic carbocycles. The summed E-state index contributed by atoms with van der Waals surface area (Å²) in [6.45, 7) is 2.74. The molecule has 3 rings (SSSR count). The number of halogens is 1. The second-order valence-electron chi connectivity index (χ2n) is 6.28. The number of hydrogen-bond acceptors (Lipinski definition) is 4. The molecule has 6 heteroatoms. The second-order valence-corrected chi connectivity index (χ2v) is 6.28. The average Bonchev–Trinajstić information content (AvgIpc) is 2.85. The number of carbonyl (C=O) groups is 2. The van der Waals surface area contributed by atoms with Crippen molar-refractivity contribution in [2.75, 3.05) is 12.3 Å². The molecular formula is C20H24ClN3O2. The molecule has 2 aromatic carbocycles. The van der Waals surface area contributed by atoms with Crippen LogP contribution < -0.4 is 11.1 Å². The predicted molar refractivity (Wildman–Crippen MR) is 105 cm³/mol. The summed E-state index contributed by atoms with van der Waals surface area (Å²) in [5.41, 5.74) is 8.31. The number of rotatable bonds is 7. The molecule has 138 valence electrons. The van der Waals surface area contributed by atoms with Crippen molar-refractivity contribution in [3.63, 3.8) is 0 Å². The first-order valence-electron chi connectivity index (χ1n) is 8.66. The van der Waals surface area contributed by atoms with Crippen molar-refractivity contribution in [3.05, 3.63) is 65.2 Å². The molecule has 2 aromatic rings.